The van der Waals surface area contributed by atoms with Crippen LogP contribution in [-0.4, -0.2) is 55.1 Å². The molecule has 5 rings (SSSR count). The van der Waals surface area contributed by atoms with Crippen molar-refractivity contribution in [2.45, 2.75) is 18.9 Å². The van der Waals surface area contributed by atoms with Crippen molar-refractivity contribution < 1.29 is 9.59 Å². The molecule has 30 heavy (non-hydrogen) atoms. The number of imidazole rings is 1. The summed E-state index contributed by atoms with van der Waals surface area (Å²) >= 11 is 0. The lowest BCUT2D eigenvalue weighted by Gasteiger charge is -2.58. The maximum Gasteiger partial charge on any atom is 0.319 e. The second-order valence-corrected chi connectivity index (χ2v) is 8.17. The number of anilines is 1. The molecule has 0 atom stereocenters. The van der Waals surface area contributed by atoms with Gasteiger partial charge in [0.15, 0.2) is 0 Å². The quantitative estimate of drug-likeness (QED) is 0.683. The van der Waals surface area contributed by atoms with Gasteiger partial charge in [0.25, 0.3) is 5.91 Å². The summed E-state index contributed by atoms with van der Waals surface area (Å²) in [5.74, 6) is -0.00329. The first-order chi connectivity index (χ1) is 14.5. The molecule has 3 aromatic rings. The number of carbonyl (C=O) groups is 2. The zero-order valence-corrected chi connectivity index (χ0v) is 16.4. The van der Waals surface area contributed by atoms with Crippen LogP contribution in [0.15, 0.2) is 37.1 Å². The van der Waals surface area contributed by atoms with Crippen molar-refractivity contribution in [2.24, 2.45) is 12.5 Å². The molecule has 2 N–H and O–H groups in total. The first-order valence-electron chi connectivity index (χ1n) is 9.67. The molecular weight excluding hydrogens is 384 g/mol. The van der Waals surface area contributed by atoms with Gasteiger partial charge in [0.2, 0.25) is 0 Å². The number of aryl methyl sites for hydroxylation is 1. The molecule has 1 aliphatic carbocycles. The SMILES string of the molecule is Cn1ccn2ncc(C(=O)N3CC4(CC(NC(=O)Nc5cncc(C#N)c5)C4)C3)c12. The third-order valence-corrected chi connectivity index (χ3v) is 5.92. The van der Waals surface area contributed by atoms with Gasteiger partial charge in [-0.3, -0.25) is 9.78 Å². The summed E-state index contributed by atoms with van der Waals surface area (Å²) in [5.41, 5.74) is 2.37. The zero-order valence-electron chi connectivity index (χ0n) is 16.4. The van der Waals surface area contributed by atoms with E-state index in [0.717, 1.165) is 18.5 Å². The molecule has 152 valence electrons. The highest BCUT2D eigenvalue weighted by Gasteiger charge is 2.54. The van der Waals surface area contributed by atoms with Crippen LogP contribution >= 0.6 is 0 Å². The van der Waals surface area contributed by atoms with Crippen LogP contribution in [0.2, 0.25) is 0 Å². The van der Waals surface area contributed by atoms with Crippen LogP contribution in [0.25, 0.3) is 5.65 Å². The van der Waals surface area contributed by atoms with Gasteiger partial charge in [-0.05, 0) is 18.9 Å². The van der Waals surface area contributed by atoms with Crippen molar-refractivity contribution >= 4 is 23.3 Å². The number of pyridine rings is 1. The highest BCUT2D eigenvalue weighted by atomic mass is 16.2. The number of carbonyl (C=O) groups excluding carboxylic acids is 2. The fourth-order valence-corrected chi connectivity index (χ4v) is 4.55. The maximum atomic E-state index is 12.8. The number of nitrogens with one attached hydrogen (secondary N) is 2. The van der Waals surface area contributed by atoms with Crippen LogP contribution in [0.4, 0.5) is 10.5 Å². The van der Waals surface area contributed by atoms with Crippen molar-refractivity contribution in [3.63, 3.8) is 0 Å². The van der Waals surface area contributed by atoms with E-state index < -0.39 is 0 Å². The average Bonchev–Trinajstić information content (AvgIpc) is 3.25. The molecular formula is C20H20N8O2. The molecule has 0 unspecified atom stereocenters. The molecule has 2 aliphatic rings. The molecule has 0 radical (unpaired) electrons. The predicted molar refractivity (Wildman–Crippen MR) is 107 cm³/mol. The average molecular weight is 404 g/mol. The lowest BCUT2D eigenvalue weighted by atomic mass is 9.60. The number of rotatable bonds is 3. The summed E-state index contributed by atoms with van der Waals surface area (Å²) in [5, 5.41) is 18.8. The Balaban J connectivity index is 1.13. The third-order valence-electron chi connectivity index (χ3n) is 5.92. The second kappa shape index (κ2) is 6.59. The fourth-order valence-electron chi connectivity index (χ4n) is 4.55. The van der Waals surface area contributed by atoms with Gasteiger partial charge in [-0.2, -0.15) is 10.4 Å². The molecule has 0 bridgehead atoms. The standard InChI is InChI=1S/C20H20N8O2/c1-26-2-3-28-17(26)16(10-23-28)18(29)27-11-20(12-27)5-15(6-20)25-19(30)24-14-4-13(7-21)8-22-9-14/h2-4,8-10,15H,5-6,11-12H2,1H3,(H2,24,25,30). The van der Waals surface area contributed by atoms with Crippen molar-refractivity contribution in [3.8, 4) is 6.07 Å². The number of amides is 3. The van der Waals surface area contributed by atoms with E-state index in [0.29, 0.717) is 29.9 Å². The Bertz CT molecular complexity index is 1190. The number of fused-ring (bicyclic) bond motifs is 1. The molecule has 2 fully saturated rings. The molecule has 4 heterocycles. The molecule has 1 saturated carbocycles. The smallest absolute Gasteiger partial charge is 0.319 e. The van der Waals surface area contributed by atoms with Gasteiger partial charge >= 0.3 is 6.03 Å². The number of hydrogen-bond acceptors (Lipinski definition) is 5. The first-order valence-corrected chi connectivity index (χ1v) is 9.67. The predicted octanol–water partition coefficient (Wildman–Crippen LogP) is 1.37. The van der Waals surface area contributed by atoms with E-state index >= 15 is 0 Å². The molecule has 1 saturated heterocycles. The monoisotopic (exact) mass is 404 g/mol. The van der Waals surface area contributed by atoms with Gasteiger partial charge in [0, 0.05) is 50.2 Å². The lowest BCUT2D eigenvalue weighted by Crippen LogP contribution is -2.67. The first kappa shape index (κ1) is 18.2. The molecule has 1 aliphatic heterocycles. The van der Waals surface area contributed by atoms with E-state index in [1.54, 1.807) is 16.8 Å². The van der Waals surface area contributed by atoms with Crippen LogP contribution in [-0.2, 0) is 7.05 Å². The Morgan fingerprint density at radius 1 is 1.23 bits per heavy atom. The van der Waals surface area contributed by atoms with Crippen molar-refractivity contribution in [3.05, 3.63) is 48.2 Å². The number of aromatic nitrogens is 4. The van der Waals surface area contributed by atoms with Gasteiger partial charge in [-0.15, -0.1) is 0 Å². The van der Waals surface area contributed by atoms with E-state index in [1.807, 2.05) is 35.0 Å². The van der Waals surface area contributed by atoms with E-state index in [-0.39, 0.29) is 23.4 Å². The minimum atomic E-state index is -0.315. The Morgan fingerprint density at radius 3 is 2.80 bits per heavy atom. The van der Waals surface area contributed by atoms with Crippen LogP contribution in [0.3, 0.4) is 0 Å². The minimum absolute atomic E-state index is 0.00329. The van der Waals surface area contributed by atoms with Crippen LogP contribution < -0.4 is 10.6 Å². The molecule has 1 spiro atoms. The minimum Gasteiger partial charge on any atom is -0.337 e. The summed E-state index contributed by atoms with van der Waals surface area (Å²) in [4.78, 5) is 30.8. The molecule has 3 amide bonds. The van der Waals surface area contributed by atoms with E-state index in [2.05, 4.69) is 20.7 Å². The molecule has 3 aromatic heterocycles. The summed E-state index contributed by atoms with van der Waals surface area (Å²) < 4.78 is 3.59. The number of nitrogens with zero attached hydrogens (tertiary/aromatic N) is 6. The normalized spacial score (nSPS) is 17.3. The summed E-state index contributed by atoms with van der Waals surface area (Å²) in [7, 11) is 1.89. The number of nitriles is 1. The molecule has 10 nitrogen and oxygen atoms in total. The van der Waals surface area contributed by atoms with E-state index in [9.17, 15) is 9.59 Å². The number of likely N-dealkylation sites (tertiary alicyclic amines) is 1. The van der Waals surface area contributed by atoms with Crippen molar-refractivity contribution in [1.82, 2.24) is 29.4 Å². The largest absolute Gasteiger partial charge is 0.337 e. The summed E-state index contributed by atoms with van der Waals surface area (Å²) in [6.45, 7) is 1.39. The highest BCUT2D eigenvalue weighted by Crippen LogP contribution is 2.48. The fraction of sp³-hybridized carbons (Fsp3) is 0.350. The van der Waals surface area contributed by atoms with Crippen LogP contribution in [0.5, 0.6) is 0 Å². The Labute approximate surface area is 172 Å². The van der Waals surface area contributed by atoms with Gasteiger partial charge in [-0.1, -0.05) is 0 Å². The van der Waals surface area contributed by atoms with Crippen molar-refractivity contribution in [1.29, 1.82) is 5.26 Å². The highest BCUT2D eigenvalue weighted by molar-refractivity contribution is 6.00. The number of urea groups is 1. The lowest BCUT2D eigenvalue weighted by molar-refractivity contribution is -0.0582. The van der Waals surface area contributed by atoms with Crippen LogP contribution in [0.1, 0.15) is 28.8 Å². The van der Waals surface area contributed by atoms with Gasteiger partial charge in [-0.25, -0.2) is 9.31 Å². The van der Waals surface area contributed by atoms with Gasteiger partial charge < -0.3 is 20.1 Å². The van der Waals surface area contributed by atoms with Crippen LogP contribution in [0, 0.1) is 16.7 Å². The van der Waals surface area contributed by atoms with Crippen molar-refractivity contribution in [2.75, 3.05) is 18.4 Å². The summed E-state index contributed by atoms with van der Waals surface area (Å²) in [6.07, 6.45) is 9.94. The second-order valence-electron chi connectivity index (χ2n) is 8.17. The van der Waals surface area contributed by atoms with Gasteiger partial charge in [0.1, 0.15) is 17.3 Å². The number of hydrogen-bond donors (Lipinski definition) is 2. The Hall–Kier alpha value is -3.87. The molecule has 0 aromatic carbocycles. The van der Waals surface area contributed by atoms with E-state index in [1.165, 1.54) is 12.4 Å². The Kier molecular flexibility index (Phi) is 3.99. The third kappa shape index (κ3) is 2.95. The van der Waals surface area contributed by atoms with E-state index in [4.69, 9.17) is 5.26 Å². The summed E-state index contributed by atoms with van der Waals surface area (Å²) in [6, 6.07) is 3.32. The Morgan fingerprint density at radius 2 is 2.03 bits per heavy atom. The molecule has 10 heteroatoms. The zero-order chi connectivity index (χ0) is 20.9. The topological polar surface area (TPSA) is 120 Å². The van der Waals surface area contributed by atoms with Gasteiger partial charge in [0.05, 0.1) is 23.6 Å². The maximum absolute atomic E-state index is 12.8.